The third-order valence-corrected chi connectivity index (χ3v) is 4.20. The number of carbonyl (C=O) groups is 2. The van der Waals surface area contributed by atoms with Crippen LogP contribution in [0.2, 0.25) is 0 Å². The average Bonchev–Trinajstić information content (AvgIpc) is 2.79. The second-order valence-corrected chi connectivity index (χ2v) is 6.13. The molecule has 1 aromatic carbocycles. The molecule has 0 radical (unpaired) electrons. The van der Waals surface area contributed by atoms with Crippen molar-refractivity contribution in [3.05, 3.63) is 35.4 Å². The van der Waals surface area contributed by atoms with Crippen LogP contribution in [0.25, 0.3) is 0 Å². The molecule has 0 saturated heterocycles. The minimum absolute atomic E-state index is 0.00711. The van der Waals surface area contributed by atoms with Crippen LogP contribution >= 0.6 is 0 Å². The highest BCUT2D eigenvalue weighted by atomic mass is 16.3. The van der Waals surface area contributed by atoms with E-state index in [4.69, 9.17) is 0 Å². The van der Waals surface area contributed by atoms with Gasteiger partial charge >= 0.3 is 0 Å². The summed E-state index contributed by atoms with van der Waals surface area (Å²) in [5.74, 6) is 0.221. The summed E-state index contributed by atoms with van der Waals surface area (Å²) in [5.41, 5.74) is 2.15. The number of Topliss-reactive ketones (excluding diaryl/α,β-unsaturated/α-hetero) is 1. The number of benzene rings is 1. The molecule has 0 fully saturated rings. The highest BCUT2D eigenvalue weighted by Gasteiger charge is 2.31. The molecule has 2 N–H and O–H groups in total. The molecule has 0 saturated carbocycles. The van der Waals surface area contributed by atoms with Crippen molar-refractivity contribution in [1.82, 2.24) is 5.32 Å². The van der Waals surface area contributed by atoms with E-state index >= 15 is 0 Å². The smallest absolute Gasteiger partial charge is 0.220 e. The number of ketones is 1. The molecule has 2 unspecified atom stereocenters. The quantitative estimate of drug-likeness (QED) is 0.726. The van der Waals surface area contributed by atoms with Gasteiger partial charge in [-0.3, -0.25) is 4.79 Å². The van der Waals surface area contributed by atoms with Gasteiger partial charge in [-0.05, 0) is 30.9 Å². The summed E-state index contributed by atoms with van der Waals surface area (Å²) in [6, 6.07) is 7.58. The largest absolute Gasteiger partial charge is 0.390 e. The Morgan fingerprint density at radius 1 is 1.14 bits per heavy atom. The van der Waals surface area contributed by atoms with E-state index in [1.807, 2.05) is 24.3 Å². The van der Waals surface area contributed by atoms with Crippen LogP contribution in [0.15, 0.2) is 24.3 Å². The minimum atomic E-state index is -0.531. The lowest BCUT2D eigenvalue weighted by Crippen LogP contribution is -2.33. The van der Waals surface area contributed by atoms with E-state index in [1.165, 1.54) is 0 Å². The van der Waals surface area contributed by atoms with Crippen LogP contribution in [-0.2, 0) is 16.0 Å². The molecule has 120 valence electrons. The Labute approximate surface area is 131 Å². The van der Waals surface area contributed by atoms with Crippen LogP contribution in [0, 0.1) is 0 Å². The van der Waals surface area contributed by atoms with Crippen LogP contribution in [0.5, 0.6) is 0 Å². The number of hydrogen-bond donors (Lipinski definition) is 2. The Balaban J connectivity index is 1.70. The van der Waals surface area contributed by atoms with Crippen molar-refractivity contribution in [3.63, 3.8) is 0 Å². The van der Waals surface area contributed by atoms with E-state index in [1.54, 1.807) is 6.92 Å². The van der Waals surface area contributed by atoms with E-state index in [-0.39, 0.29) is 17.7 Å². The summed E-state index contributed by atoms with van der Waals surface area (Å²) in [6.45, 7) is 1.61. The maximum Gasteiger partial charge on any atom is 0.220 e. The van der Waals surface area contributed by atoms with Crippen molar-refractivity contribution in [2.24, 2.45) is 0 Å². The molecule has 0 aliphatic heterocycles. The molecule has 0 bridgehead atoms. The van der Waals surface area contributed by atoms with Crippen molar-refractivity contribution in [2.75, 3.05) is 0 Å². The van der Waals surface area contributed by atoms with Gasteiger partial charge in [0, 0.05) is 19.3 Å². The topological polar surface area (TPSA) is 66.4 Å². The van der Waals surface area contributed by atoms with Crippen LogP contribution in [0.4, 0.5) is 0 Å². The van der Waals surface area contributed by atoms with Crippen molar-refractivity contribution < 1.29 is 14.7 Å². The third kappa shape index (κ3) is 4.67. The maximum absolute atomic E-state index is 12.0. The lowest BCUT2D eigenvalue weighted by atomic mass is 10.1. The van der Waals surface area contributed by atoms with Gasteiger partial charge in [0.05, 0.1) is 12.1 Å². The second-order valence-electron chi connectivity index (χ2n) is 6.13. The predicted molar refractivity (Wildman–Crippen MR) is 85.4 cm³/mol. The van der Waals surface area contributed by atoms with Gasteiger partial charge in [-0.15, -0.1) is 0 Å². The fourth-order valence-electron chi connectivity index (χ4n) is 3.01. The summed E-state index contributed by atoms with van der Waals surface area (Å²) >= 11 is 0. The molecule has 1 aliphatic rings. The first-order chi connectivity index (χ1) is 10.6. The van der Waals surface area contributed by atoms with E-state index in [0.29, 0.717) is 19.3 Å². The first-order valence-corrected chi connectivity index (χ1v) is 8.12. The van der Waals surface area contributed by atoms with Crippen LogP contribution in [0.3, 0.4) is 0 Å². The van der Waals surface area contributed by atoms with E-state index in [9.17, 15) is 14.7 Å². The number of amides is 1. The molecule has 0 spiro atoms. The van der Waals surface area contributed by atoms with E-state index in [2.05, 4.69) is 5.32 Å². The summed E-state index contributed by atoms with van der Waals surface area (Å²) in [7, 11) is 0. The van der Waals surface area contributed by atoms with Gasteiger partial charge in [0.1, 0.15) is 5.78 Å². The lowest BCUT2D eigenvalue weighted by molar-refractivity contribution is -0.122. The Morgan fingerprint density at radius 2 is 1.82 bits per heavy atom. The molecule has 0 heterocycles. The maximum atomic E-state index is 12.0. The molecule has 4 nitrogen and oxygen atoms in total. The van der Waals surface area contributed by atoms with Gasteiger partial charge in [0.2, 0.25) is 5.91 Å². The highest BCUT2D eigenvalue weighted by Crippen LogP contribution is 2.31. The number of nitrogens with one attached hydrogen (secondary N) is 1. The van der Waals surface area contributed by atoms with Crippen molar-refractivity contribution in [2.45, 2.75) is 64.0 Å². The van der Waals surface area contributed by atoms with Gasteiger partial charge in [-0.1, -0.05) is 37.1 Å². The summed E-state index contributed by atoms with van der Waals surface area (Å²) in [6.07, 6.45) is 4.87. The number of aliphatic hydroxyl groups is 1. The fourth-order valence-corrected chi connectivity index (χ4v) is 3.01. The first kappa shape index (κ1) is 16.7. The highest BCUT2D eigenvalue weighted by molar-refractivity contribution is 5.76. The Bertz CT molecular complexity index is 527. The molecule has 0 aromatic heterocycles. The second kappa shape index (κ2) is 8.08. The molecule has 1 aliphatic carbocycles. The molecule has 2 atom stereocenters. The van der Waals surface area contributed by atoms with Gasteiger partial charge in [-0.25, -0.2) is 0 Å². The number of fused-ring (bicyclic) bond motifs is 1. The molecule has 22 heavy (non-hydrogen) atoms. The van der Waals surface area contributed by atoms with Gasteiger partial charge < -0.3 is 15.2 Å². The predicted octanol–water partition coefficient (Wildman–Crippen LogP) is 2.69. The average molecular weight is 303 g/mol. The fraction of sp³-hybridized carbons (Fsp3) is 0.556. The SMILES string of the molecule is CC(=O)CCCCCCC(=O)NC1c2ccccc2CC1O. The van der Waals surface area contributed by atoms with Crippen LogP contribution in [-0.4, -0.2) is 22.9 Å². The number of aliphatic hydroxyl groups excluding tert-OH is 1. The molecule has 1 amide bonds. The van der Waals surface area contributed by atoms with Gasteiger partial charge in [0.25, 0.3) is 0 Å². The normalized spacial score (nSPS) is 19.7. The Kier molecular flexibility index (Phi) is 6.13. The number of rotatable bonds is 8. The lowest BCUT2D eigenvalue weighted by Gasteiger charge is -2.18. The van der Waals surface area contributed by atoms with E-state index < -0.39 is 6.10 Å². The first-order valence-electron chi connectivity index (χ1n) is 8.12. The standard InChI is InChI=1S/C18H25NO3/c1-13(20)8-4-2-3-5-11-17(22)19-18-15-10-7-6-9-14(15)12-16(18)21/h6-7,9-10,16,18,21H,2-5,8,11-12H2,1H3,(H,19,22). The number of hydrogen-bond acceptors (Lipinski definition) is 3. The zero-order valence-electron chi connectivity index (χ0n) is 13.2. The number of carbonyl (C=O) groups excluding carboxylic acids is 2. The summed E-state index contributed by atoms with van der Waals surface area (Å²) in [5, 5.41) is 13.1. The zero-order valence-corrected chi connectivity index (χ0v) is 13.2. The summed E-state index contributed by atoms with van der Waals surface area (Å²) in [4.78, 5) is 22.8. The molecule has 1 aromatic rings. The molecule has 4 heteroatoms. The Morgan fingerprint density at radius 3 is 2.55 bits per heavy atom. The molecular weight excluding hydrogens is 278 g/mol. The van der Waals surface area contributed by atoms with Crippen molar-refractivity contribution in [1.29, 1.82) is 0 Å². The molecular formula is C18H25NO3. The van der Waals surface area contributed by atoms with Gasteiger partial charge in [0.15, 0.2) is 0 Å². The van der Waals surface area contributed by atoms with Crippen LogP contribution in [0.1, 0.15) is 62.6 Å². The third-order valence-electron chi connectivity index (χ3n) is 4.20. The zero-order chi connectivity index (χ0) is 15.9. The molecule has 2 rings (SSSR count). The Hall–Kier alpha value is -1.68. The van der Waals surface area contributed by atoms with E-state index in [0.717, 1.165) is 36.8 Å². The van der Waals surface area contributed by atoms with Crippen molar-refractivity contribution >= 4 is 11.7 Å². The monoisotopic (exact) mass is 303 g/mol. The van der Waals surface area contributed by atoms with Gasteiger partial charge in [-0.2, -0.15) is 0 Å². The summed E-state index contributed by atoms with van der Waals surface area (Å²) < 4.78 is 0. The van der Waals surface area contributed by atoms with Crippen LogP contribution < -0.4 is 5.32 Å². The number of unbranched alkanes of at least 4 members (excludes halogenated alkanes) is 3. The minimum Gasteiger partial charge on any atom is -0.390 e. The van der Waals surface area contributed by atoms with Crippen molar-refractivity contribution in [3.8, 4) is 0 Å².